The molecule has 8 aromatic carbocycles. The summed E-state index contributed by atoms with van der Waals surface area (Å²) in [5, 5.41) is 10.3. The number of benzene rings is 8. The molecule has 9 aromatic rings. The van der Waals surface area contributed by atoms with Crippen LogP contribution < -0.4 is 0 Å². The molecular weight excluding hydrogens is 629 g/mol. The van der Waals surface area contributed by atoms with Crippen molar-refractivity contribution in [2.75, 3.05) is 0 Å². The van der Waals surface area contributed by atoms with Gasteiger partial charge in [0.15, 0.2) is 0 Å². The lowest BCUT2D eigenvalue weighted by Crippen LogP contribution is -2.10. The first-order valence-corrected chi connectivity index (χ1v) is 18.1. The van der Waals surface area contributed by atoms with E-state index in [1.807, 2.05) is 6.08 Å². The lowest BCUT2D eigenvalue weighted by molar-refractivity contribution is 0.591. The number of rotatable bonds is 6. The van der Waals surface area contributed by atoms with Crippen LogP contribution in [0, 0.1) is 0 Å². The van der Waals surface area contributed by atoms with Gasteiger partial charge in [-0.2, -0.15) is 0 Å². The number of allylic oxidation sites excluding steroid dienone is 3. The minimum atomic E-state index is 0.0559. The predicted molar refractivity (Wildman–Crippen MR) is 226 cm³/mol. The fraction of sp³-hybridized carbons (Fsp3) is 0.100. The molecule has 2 heteroatoms. The molecule has 0 amide bonds. The highest BCUT2D eigenvalue weighted by molar-refractivity contribution is 6.28. The predicted octanol–water partition coefficient (Wildman–Crippen LogP) is 13.9. The number of aromatic nitrogens is 1. The maximum atomic E-state index is 3.84. The lowest BCUT2D eigenvalue weighted by Gasteiger charge is -2.23. The van der Waals surface area contributed by atoms with Crippen LogP contribution in [0.15, 0.2) is 163 Å². The van der Waals surface area contributed by atoms with Crippen molar-refractivity contribution in [2.24, 2.45) is 4.99 Å². The standard InChI is InChI=1S/C50H40N2/c1-32(12-11-27-51-5)33-19-21-34(22-20-33)44-31-45(43-26-24-37-29-38(50(2,3)4)28-36-23-25-42(44)49(43)48(36)37)35-13-10-14-39(30-35)52-46-17-8-6-15-40(46)41-16-7-9-18-47(41)52/h6-31H,5H2,1-4H3/b27-11-,32-12+. The van der Waals surface area contributed by atoms with Gasteiger partial charge in [-0.1, -0.05) is 136 Å². The molecule has 2 nitrogen and oxygen atoms in total. The van der Waals surface area contributed by atoms with E-state index < -0.39 is 0 Å². The van der Waals surface area contributed by atoms with E-state index in [2.05, 4.69) is 190 Å². The van der Waals surface area contributed by atoms with Gasteiger partial charge >= 0.3 is 0 Å². The van der Waals surface area contributed by atoms with Crippen molar-refractivity contribution in [2.45, 2.75) is 33.1 Å². The van der Waals surface area contributed by atoms with Crippen LogP contribution in [0.3, 0.4) is 0 Å². The van der Waals surface area contributed by atoms with Gasteiger partial charge in [0.2, 0.25) is 0 Å². The van der Waals surface area contributed by atoms with Crippen molar-refractivity contribution < 1.29 is 0 Å². The molecule has 0 unspecified atom stereocenters. The van der Waals surface area contributed by atoms with Gasteiger partial charge in [0.05, 0.1) is 11.0 Å². The minimum absolute atomic E-state index is 0.0559. The number of hydrogen-bond acceptors (Lipinski definition) is 1. The van der Waals surface area contributed by atoms with Crippen molar-refractivity contribution in [1.29, 1.82) is 0 Å². The molecule has 0 spiro atoms. The van der Waals surface area contributed by atoms with Crippen LogP contribution in [0.1, 0.15) is 38.8 Å². The van der Waals surface area contributed by atoms with Gasteiger partial charge in [-0.3, -0.25) is 4.99 Å². The molecule has 52 heavy (non-hydrogen) atoms. The molecule has 0 saturated heterocycles. The zero-order valence-corrected chi connectivity index (χ0v) is 30.1. The van der Waals surface area contributed by atoms with Crippen molar-refractivity contribution in [3.8, 4) is 27.9 Å². The summed E-state index contributed by atoms with van der Waals surface area (Å²) < 4.78 is 2.41. The van der Waals surface area contributed by atoms with E-state index >= 15 is 0 Å². The summed E-state index contributed by atoms with van der Waals surface area (Å²) in [5.74, 6) is 0. The van der Waals surface area contributed by atoms with Gasteiger partial charge in [-0.15, -0.1) is 0 Å². The molecule has 0 bridgehead atoms. The molecule has 0 fully saturated rings. The highest BCUT2D eigenvalue weighted by Gasteiger charge is 2.21. The van der Waals surface area contributed by atoms with Crippen LogP contribution in [0.4, 0.5) is 0 Å². The van der Waals surface area contributed by atoms with Gasteiger partial charge in [0.1, 0.15) is 0 Å². The van der Waals surface area contributed by atoms with Gasteiger partial charge in [0, 0.05) is 22.7 Å². The fourth-order valence-electron chi connectivity index (χ4n) is 8.10. The number of fused-ring (bicyclic) bond motifs is 3. The van der Waals surface area contributed by atoms with Crippen LogP contribution in [0.2, 0.25) is 0 Å². The monoisotopic (exact) mass is 668 g/mol. The topological polar surface area (TPSA) is 17.3 Å². The number of para-hydroxylation sites is 2. The summed E-state index contributed by atoms with van der Waals surface area (Å²) in [6.07, 6.45) is 5.72. The lowest BCUT2D eigenvalue weighted by atomic mass is 9.81. The third-order valence-electron chi connectivity index (χ3n) is 10.8. The average Bonchev–Trinajstić information content (AvgIpc) is 3.51. The molecule has 0 atom stereocenters. The summed E-state index contributed by atoms with van der Waals surface area (Å²) in [4.78, 5) is 3.84. The van der Waals surface area contributed by atoms with Crippen molar-refractivity contribution in [3.63, 3.8) is 0 Å². The van der Waals surface area contributed by atoms with Gasteiger partial charge in [-0.25, -0.2) is 0 Å². The Morgan fingerprint density at radius 1 is 0.596 bits per heavy atom. The van der Waals surface area contributed by atoms with Crippen LogP contribution in [0.5, 0.6) is 0 Å². The second-order valence-electron chi connectivity index (χ2n) is 15.0. The summed E-state index contributed by atoms with van der Waals surface area (Å²) >= 11 is 0. The molecule has 0 aliphatic heterocycles. The SMILES string of the molecule is C=N/C=C\C=C(/C)c1ccc(-c2cc(-c3cccc(-n4c5ccccc5c5ccccc54)c3)c3ccc4cc(C(C)(C)C)cc5ccc2c3c54)cc1. The maximum Gasteiger partial charge on any atom is 0.0541 e. The number of nitrogens with zero attached hydrogens (tertiary/aromatic N) is 2. The minimum Gasteiger partial charge on any atom is -0.309 e. The van der Waals surface area contributed by atoms with Crippen molar-refractivity contribution >= 4 is 66.4 Å². The van der Waals surface area contributed by atoms with Crippen LogP contribution >= 0.6 is 0 Å². The Bertz CT molecular complexity index is 2820. The highest BCUT2D eigenvalue weighted by Crippen LogP contribution is 2.45. The van der Waals surface area contributed by atoms with E-state index in [0.29, 0.717) is 0 Å². The first kappa shape index (κ1) is 31.7. The molecule has 0 aliphatic carbocycles. The first-order valence-electron chi connectivity index (χ1n) is 18.1. The molecule has 0 radical (unpaired) electrons. The molecule has 1 heterocycles. The quantitative estimate of drug-likeness (QED) is 0.0953. The van der Waals surface area contributed by atoms with Gasteiger partial charge in [-0.05, 0) is 127 Å². The highest BCUT2D eigenvalue weighted by atomic mass is 15.0. The smallest absolute Gasteiger partial charge is 0.0541 e. The number of aliphatic imine (C=N–C) groups is 1. The molecule has 0 aliphatic rings. The van der Waals surface area contributed by atoms with Gasteiger partial charge in [0.25, 0.3) is 0 Å². The summed E-state index contributed by atoms with van der Waals surface area (Å²) in [7, 11) is 0. The largest absolute Gasteiger partial charge is 0.309 e. The van der Waals surface area contributed by atoms with E-state index in [-0.39, 0.29) is 5.41 Å². The average molecular weight is 669 g/mol. The van der Waals surface area contributed by atoms with Crippen LogP contribution in [-0.2, 0) is 5.41 Å². The molecule has 0 saturated carbocycles. The Morgan fingerprint density at radius 3 is 1.83 bits per heavy atom. The Labute approximate surface area is 305 Å². The molecule has 250 valence electrons. The van der Waals surface area contributed by atoms with Crippen molar-refractivity contribution in [3.05, 3.63) is 169 Å². The van der Waals surface area contributed by atoms with E-state index in [1.54, 1.807) is 6.20 Å². The second-order valence-corrected chi connectivity index (χ2v) is 15.0. The third-order valence-corrected chi connectivity index (χ3v) is 10.8. The van der Waals surface area contributed by atoms with Crippen molar-refractivity contribution in [1.82, 2.24) is 4.57 Å². The third kappa shape index (κ3) is 5.14. The molecule has 1 aromatic heterocycles. The Hall–Kier alpha value is -6.25. The maximum absolute atomic E-state index is 3.84. The first-order chi connectivity index (χ1) is 25.3. The van der Waals surface area contributed by atoms with E-state index in [1.165, 1.54) is 93.1 Å². The van der Waals surface area contributed by atoms with E-state index in [0.717, 1.165) is 5.69 Å². The normalized spacial score (nSPS) is 12.7. The summed E-state index contributed by atoms with van der Waals surface area (Å²) in [5.41, 5.74) is 12.2. The van der Waals surface area contributed by atoms with Crippen LogP contribution in [0.25, 0.3) is 87.6 Å². The number of hydrogen-bond donors (Lipinski definition) is 0. The van der Waals surface area contributed by atoms with E-state index in [4.69, 9.17) is 0 Å². The molecule has 9 rings (SSSR count). The zero-order chi connectivity index (χ0) is 35.6. The Balaban J connectivity index is 1.30. The second kappa shape index (κ2) is 12.2. The summed E-state index contributed by atoms with van der Waals surface area (Å²) in [6.45, 7) is 12.6. The Kier molecular flexibility index (Phi) is 7.45. The Morgan fingerprint density at radius 2 is 1.21 bits per heavy atom. The van der Waals surface area contributed by atoms with Crippen LogP contribution in [-0.4, -0.2) is 11.3 Å². The molecular formula is C50H40N2. The van der Waals surface area contributed by atoms with E-state index in [9.17, 15) is 0 Å². The zero-order valence-electron chi connectivity index (χ0n) is 30.1. The summed E-state index contributed by atoms with van der Waals surface area (Å²) in [6, 6.07) is 52.1. The molecule has 0 N–H and O–H groups in total. The van der Waals surface area contributed by atoms with Gasteiger partial charge < -0.3 is 4.57 Å². The fourth-order valence-corrected chi connectivity index (χ4v) is 8.10.